The summed E-state index contributed by atoms with van der Waals surface area (Å²) in [6.45, 7) is 2.06. The number of nitrogens with one attached hydrogen (secondary N) is 1. The summed E-state index contributed by atoms with van der Waals surface area (Å²) in [7, 11) is 0. The minimum atomic E-state index is -1.03. The van der Waals surface area contributed by atoms with Crippen LogP contribution in [0.3, 0.4) is 0 Å². The predicted octanol–water partition coefficient (Wildman–Crippen LogP) is 2.49. The van der Waals surface area contributed by atoms with Gasteiger partial charge in [-0.25, -0.2) is 4.79 Å². The fourth-order valence-electron chi connectivity index (χ4n) is 3.33. The third kappa shape index (κ3) is 3.37. The molecule has 0 bridgehead atoms. The third-order valence-corrected chi connectivity index (χ3v) is 4.35. The van der Waals surface area contributed by atoms with Crippen molar-refractivity contribution in [2.45, 2.75) is 57.4 Å². The van der Waals surface area contributed by atoms with E-state index in [9.17, 15) is 14.7 Å². The number of carbonyl (C=O) groups excluding carboxylic acids is 1. The van der Waals surface area contributed by atoms with Gasteiger partial charge >= 0.3 is 5.97 Å². The number of allylic oxidation sites excluding steroid dienone is 2. The van der Waals surface area contributed by atoms with Crippen LogP contribution in [0.4, 0.5) is 0 Å². The molecule has 4 nitrogen and oxygen atoms in total. The number of rotatable bonds is 4. The summed E-state index contributed by atoms with van der Waals surface area (Å²) in [6.07, 6.45) is 9.63. The van der Waals surface area contributed by atoms with Crippen molar-refractivity contribution in [3.05, 3.63) is 12.2 Å². The van der Waals surface area contributed by atoms with Gasteiger partial charge in [0, 0.05) is 6.42 Å². The van der Waals surface area contributed by atoms with Crippen molar-refractivity contribution < 1.29 is 14.7 Å². The first-order valence-electron chi connectivity index (χ1n) is 7.23. The maximum Gasteiger partial charge on any atom is 0.329 e. The maximum absolute atomic E-state index is 12.1. The van der Waals surface area contributed by atoms with Crippen LogP contribution in [-0.2, 0) is 9.59 Å². The van der Waals surface area contributed by atoms with Gasteiger partial charge in [0.2, 0.25) is 5.91 Å². The van der Waals surface area contributed by atoms with Crippen molar-refractivity contribution in [3.63, 3.8) is 0 Å². The quantitative estimate of drug-likeness (QED) is 0.767. The summed E-state index contributed by atoms with van der Waals surface area (Å²) < 4.78 is 0. The zero-order valence-corrected chi connectivity index (χ0v) is 11.5. The molecule has 0 aromatic rings. The molecule has 3 atom stereocenters. The summed E-state index contributed by atoms with van der Waals surface area (Å²) in [5.41, 5.74) is -1.03. The van der Waals surface area contributed by atoms with E-state index in [1.54, 1.807) is 0 Å². The lowest BCUT2D eigenvalue weighted by Gasteiger charge is -2.37. The average molecular weight is 265 g/mol. The van der Waals surface area contributed by atoms with Crippen LogP contribution in [0, 0.1) is 11.8 Å². The lowest BCUT2D eigenvalue weighted by atomic mass is 9.76. The number of carboxylic acid groups (broad SMARTS) is 1. The van der Waals surface area contributed by atoms with E-state index in [1.165, 1.54) is 0 Å². The van der Waals surface area contributed by atoms with Gasteiger partial charge in [-0.3, -0.25) is 4.79 Å². The predicted molar refractivity (Wildman–Crippen MR) is 72.6 cm³/mol. The first-order valence-corrected chi connectivity index (χ1v) is 7.23. The Hall–Kier alpha value is -1.32. The highest BCUT2D eigenvalue weighted by Gasteiger charge is 2.43. The SMILES string of the molecule is CC1CCCC(NC(=O)CC2C=CCC2)(C(=O)O)C1. The van der Waals surface area contributed by atoms with Crippen LogP contribution in [0.15, 0.2) is 12.2 Å². The Morgan fingerprint density at radius 2 is 2.21 bits per heavy atom. The van der Waals surface area contributed by atoms with Crippen LogP contribution < -0.4 is 5.32 Å². The van der Waals surface area contributed by atoms with Gasteiger partial charge in [-0.05, 0) is 37.5 Å². The van der Waals surface area contributed by atoms with E-state index in [0.29, 0.717) is 25.2 Å². The highest BCUT2D eigenvalue weighted by Crippen LogP contribution is 2.33. The van der Waals surface area contributed by atoms with Gasteiger partial charge in [0.25, 0.3) is 0 Å². The Morgan fingerprint density at radius 3 is 2.79 bits per heavy atom. The van der Waals surface area contributed by atoms with Crippen LogP contribution in [0.25, 0.3) is 0 Å². The summed E-state index contributed by atoms with van der Waals surface area (Å²) in [4.78, 5) is 23.6. The molecule has 4 heteroatoms. The number of carboxylic acids is 1. The largest absolute Gasteiger partial charge is 0.480 e. The van der Waals surface area contributed by atoms with E-state index in [0.717, 1.165) is 25.7 Å². The van der Waals surface area contributed by atoms with Crippen molar-refractivity contribution in [2.75, 3.05) is 0 Å². The lowest BCUT2D eigenvalue weighted by Crippen LogP contribution is -2.57. The molecule has 0 saturated heterocycles. The minimum Gasteiger partial charge on any atom is -0.480 e. The normalized spacial score (nSPS) is 34.2. The first kappa shape index (κ1) is 14.1. The molecule has 0 heterocycles. The van der Waals surface area contributed by atoms with Crippen LogP contribution in [0.1, 0.15) is 51.9 Å². The molecule has 1 saturated carbocycles. The van der Waals surface area contributed by atoms with Crippen molar-refractivity contribution in [1.29, 1.82) is 0 Å². The molecular weight excluding hydrogens is 242 g/mol. The molecule has 0 aromatic heterocycles. The molecule has 0 aromatic carbocycles. The highest BCUT2D eigenvalue weighted by atomic mass is 16.4. The maximum atomic E-state index is 12.1. The topological polar surface area (TPSA) is 66.4 Å². The number of hydrogen-bond acceptors (Lipinski definition) is 2. The lowest BCUT2D eigenvalue weighted by molar-refractivity contribution is -0.150. The summed E-state index contributed by atoms with van der Waals surface area (Å²) in [5, 5.41) is 12.3. The Morgan fingerprint density at radius 1 is 1.42 bits per heavy atom. The number of carbonyl (C=O) groups is 2. The molecule has 1 amide bonds. The number of aliphatic carboxylic acids is 1. The van der Waals surface area contributed by atoms with Crippen molar-refractivity contribution in [1.82, 2.24) is 5.32 Å². The fourth-order valence-corrected chi connectivity index (χ4v) is 3.33. The molecule has 0 spiro atoms. The van der Waals surface area contributed by atoms with Gasteiger partial charge in [-0.2, -0.15) is 0 Å². The molecular formula is C15H23NO3. The zero-order valence-electron chi connectivity index (χ0n) is 11.5. The summed E-state index contributed by atoms with van der Waals surface area (Å²) in [5.74, 6) is -0.356. The van der Waals surface area contributed by atoms with E-state index in [4.69, 9.17) is 0 Å². The van der Waals surface area contributed by atoms with Gasteiger partial charge in [-0.1, -0.05) is 31.9 Å². The van der Waals surface area contributed by atoms with Crippen LogP contribution in [-0.4, -0.2) is 22.5 Å². The highest BCUT2D eigenvalue weighted by molar-refractivity contribution is 5.87. The van der Waals surface area contributed by atoms with E-state index in [1.807, 2.05) is 0 Å². The van der Waals surface area contributed by atoms with Crippen molar-refractivity contribution >= 4 is 11.9 Å². The number of hydrogen-bond donors (Lipinski definition) is 2. The Bertz CT molecular complexity index is 391. The van der Waals surface area contributed by atoms with Gasteiger partial charge in [0.1, 0.15) is 5.54 Å². The zero-order chi connectivity index (χ0) is 13.9. The molecule has 2 rings (SSSR count). The number of amides is 1. The van der Waals surface area contributed by atoms with Gasteiger partial charge in [0.15, 0.2) is 0 Å². The van der Waals surface area contributed by atoms with Crippen LogP contribution in [0.2, 0.25) is 0 Å². The second kappa shape index (κ2) is 5.76. The molecule has 2 N–H and O–H groups in total. The van der Waals surface area contributed by atoms with Crippen LogP contribution >= 0.6 is 0 Å². The van der Waals surface area contributed by atoms with E-state index in [2.05, 4.69) is 24.4 Å². The molecule has 0 aliphatic heterocycles. The molecule has 3 unspecified atom stereocenters. The van der Waals surface area contributed by atoms with Crippen LogP contribution in [0.5, 0.6) is 0 Å². The van der Waals surface area contributed by atoms with Gasteiger partial charge in [-0.15, -0.1) is 0 Å². The molecule has 0 radical (unpaired) electrons. The second-order valence-corrected chi connectivity index (χ2v) is 6.11. The smallest absolute Gasteiger partial charge is 0.329 e. The second-order valence-electron chi connectivity index (χ2n) is 6.11. The molecule has 1 fully saturated rings. The molecule has 2 aliphatic rings. The molecule has 106 valence electrons. The van der Waals surface area contributed by atoms with Crippen molar-refractivity contribution in [3.8, 4) is 0 Å². The minimum absolute atomic E-state index is 0.118. The third-order valence-electron chi connectivity index (χ3n) is 4.35. The average Bonchev–Trinajstić information content (AvgIpc) is 2.81. The molecule has 19 heavy (non-hydrogen) atoms. The first-order chi connectivity index (χ1) is 9.02. The summed E-state index contributed by atoms with van der Waals surface area (Å²) >= 11 is 0. The van der Waals surface area contributed by atoms with E-state index < -0.39 is 11.5 Å². The fraction of sp³-hybridized carbons (Fsp3) is 0.733. The van der Waals surface area contributed by atoms with E-state index >= 15 is 0 Å². The monoisotopic (exact) mass is 265 g/mol. The summed E-state index contributed by atoms with van der Waals surface area (Å²) in [6, 6.07) is 0. The Balaban J connectivity index is 1.97. The molecule has 2 aliphatic carbocycles. The Labute approximate surface area is 114 Å². The van der Waals surface area contributed by atoms with E-state index in [-0.39, 0.29) is 11.8 Å². The van der Waals surface area contributed by atoms with Crippen molar-refractivity contribution in [2.24, 2.45) is 11.8 Å². The van der Waals surface area contributed by atoms with Gasteiger partial charge < -0.3 is 10.4 Å². The Kier molecular flexibility index (Phi) is 4.27. The van der Waals surface area contributed by atoms with Gasteiger partial charge in [0.05, 0.1) is 0 Å². The standard InChI is InChI=1S/C15H23NO3/c1-11-5-4-8-15(10-11,14(18)19)16-13(17)9-12-6-2-3-7-12/h2,6,11-12H,3-5,7-10H2,1H3,(H,16,17)(H,18,19).